The average Bonchev–Trinajstić information content (AvgIpc) is 3.11. The SMILES string of the molecule is Cc1cc2cc(CC(=O)NCC(=O)N3CCc4ccccc43)ccc2[nH]c1=O. The lowest BCUT2D eigenvalue weighted by atomic mass is 10.1. The monoisotopic (exact) mass is 375 g/mol. The Morgan fingerprint density at radius 2 is 1.96 bits per heavy atom. The quantitative estimate of drug-likeness (QED) is 0.733. The molecule has 1 aliphatic heterocycles. The molecule has 0 atom stereocenters. The molecule has 0 saturated carbocycles. The van der Waals surface area contributed by atoms with Crippen LogP contribution in [-0.2, 0) is 22.4 Å². The summed E-state index contributed by atoms with van der Waals surface area (Å²) in [4.78, 5) is 41.0. The van der Waals surface area contributed by atoms with Gasteiger partial charge in [0.25, 0.3) is 5.56 Å². The van der Waals surface area contributed by atoms with Crippen molar-refractivity contribution in [1.82, 2.24) is 10.3 Å². The van der Waals surface area contributed by atoms with Crippen LogP contribution in [0.2, 0.25) is 0 Å². The first kappa shape index (κ1) is 18.0. The molecule has 0 spiro atoms. The van der Waals surface area contributed by atoms with E-state index >= 15 is 0 Å². The second-order valence-electron chi connectivity index (χ2n) is 7.08. The van der Waals surface area contributed by atoms with Crippen LogP contribution < -0.4 is 15.8 Å². The van der Waals surface area contributed by atoms with Crippen molar-refractivity contribution in [2.75, 3.05) is 18.0 Å². The second kappa shape index (κ2) is 7.31. The number of anilines is 1. The Kier molecular flexibility index (Phi) is 4.69. The third kappa shape index (κ3) is 3.53. The lowest BCUT2D eigenvalue weighted by Crippen LogP contribution is -2.39. The predicted molar refractivity (Wildman–Crippen MR) is 109 cm³/mol. The molecule has 2 amide bonds. The zero-order valence-corrected chi connectivity index (χ0v) is 15.6. The first-order valence-corrected chi connectivity index (χ1v) is 9.29. The first-order valence-electron chi connectivity index (χ1n) is 9.29. The first-order chi connectivity index (χ1) is 13.5. The molecule has 0 unspecified atom stereocenters. The van der Waals surface area contributed by atoms with Crippen molar-refractivity contribution in [2.45, 2.75) is 19.8 Å². The zero-order valence-electron chi connectivity index (χ0n) is 15.6. The molecule has 0 saturated heterocycles. The van der Waals surface area contributed by atoms with Gasteiger partial charge in [0, 0.05) is 23.3 Å². The molecule has 0 aliphatic carbocycles. The fraction of sp³-hybridized carbons (Fsp3) is 0.227. The molecular weight excluding hydrogens is 354 g/mol. The molecule has 142 valence electrons. The van der Waals surface area contributed by atoms with E-state index < -0.39 is 0 Å². The highest BCUT2D eigenvalue weighted by Crippen LogP contribution is 2.27. The minimum atomic E-state index is -0.207. The van der Waals surface area contributed by atoms with Crippen LogP contribution in [0.1, 0.15) is 16.7 Å². The molecule has 2 heterocycles. The van der Waals surface area contributed by atoms with Crippen molar-refractivity contribution in [3.05, 3.63) is 75.6 Å². The molecule has 0 fully saturated rings. The van der Waals surface area contributed by atoms with Crippen LogP contribution in [0.15, 0.2) is 53.3 Å². The fourth-order valence-corrected chi connectivity index (χ4v) is 3.59. The number of nitrogens with one attached hydrogen (secondary N) is 2. The third-order valence-corrected chi connectivity index (χ3v) is 5.08. The molecule has 4 rings (SSSR count). The largest absolute Gasteiger partial charge is 0.347 e. The van der Waals surface area contributed by atoms with Crippen LogP contribution in [0, 0.1) is 6.92 Å². The van der Waals surface area contributed by atoms with Crippen molar-refractivity contribution in [3.8, 4) is 0 Å². The molecule has 0 bridgehead atoms. The smallest absolute Gasteiger partial charge is 0.251 e. The molecule has 6 heteroatoms. The Morgan fingerprint density at radius 3 is 2.82 bits per heavy atom. The van der Waals surface area contributed by atoms with Gasteiger partial charge in [-0.05, 0) is 54.1 Å². The lowest BCUT2D eigenvalue weighted by Gasteiger charge is -2.17. The number of hydrogen-bond acceptors (Lipinski definition) is 3. The molecule has 28 heavy (non-hydrogen) atoms. The lowest BCUT2D eigenvalue weighted by molar-refractivity contribution is -0.124. The topological polar surface area (TPSA) is 82.3 Å². The molecule has 1 aromatic heterocycles. The minimum Gasteiger partial charge on any atom is -0.347 e. The van der Waals surface area contributed by atoms with E-state index in [1.54, 1.807) is 17.9 Å². The molecule has 2 aromatic carbocycles. The highest BCUT2D eigenvalue weighted by atomic mass is 16.2. The molecule has 2 N–H and O–H groups in total. The van der Waals surface area contributed by atoms with E-state index in [4.69, 9.17) is 0 Å². The van der Waals surface area contributed by atoms with Gasteiger partial charge in [-0.1, -0.05) is 24.3 Å². The van der Waals surface area contributed by atoms with E-state index in [1.165, 1.54) is 0 Å². The van der Waals surface area contributed by atoms with Crippen molar-refractivity contribution in [1.29, 1.82) is 0 Å². The number of carbonyl (C=O) groups excluding carboxylic acids is 2. The van der Waals surface area contributed by atoms with Gasteiger partial charge in [-0.2, -0.15) is 0 Å². The van der Waals surface area contributed by atoms with Gasteiger partial charge in [0.05, 0.1) is 13.0 Å². The number of rotatable bonds is 4. The van der Waals surface area contributed by atoms with Crippen molar-refractivity contribution < 1.29 is 9.59 Å². The molecular formula is C22H21N3O3. The van der Waals surface area contributed by atoms with Gasteiger partial charge in [-0.25, -0.2) is 0 Å². The normalized spacial score (nSPS) is 12.8. The number of hydrogen-bond donors (Lipinski definition) is 2. The summed E-state index contributed by atoms with van der Waals surface area (Å²) < 4.78 is 0. The number of aryl methyl sites for hydroxylation is 1. The van der Waals surface area contributed by atoms with E-state index in [0.29, 0.717) is 12.1 Å². The standard InChI is InChI=1S/C22H21N3O3/c1-14-10-17-11-15(6-7-18(17)24-22(14)28)12-20(26)23-13-21(27)25-9-8-16-4-2-3-5-19(16)25/h2-7,10-11H,8-9,12-13H2,1H3,(H,23,26)(H,24,28). The van der Waals surface area contributed by atoms with Gasteiger partial charge in [-0.15, -0.1) is 0 Å². The Morgan fingerprint density at radius 1 is 1.14 bits per heavy atom. The average molecular weight is 375 g/mol. The Labute approximate surface area is 162 Å². The number of aromatic amines is 1. The van der Waals surface area contributed by atoms with E-state index in [9.17, 15) is 14.4 Å². The van der Waals surface area contributed by atoms with Crippen molar-refractivity contribution in [2.24, 2.45) is 0 Å². The summed E-state index contributed by atoms with van der Waals surface area (Å²) in [6.45, 7) is 2.38. The summed E-state index contributed by atoms with van der Waals surface area (Å²) in [6.07, 6.45) is 1.02. The highest BCUT2D eigenvalue weighted by molar-refractivity contribution is 5.98. The second-order valence-corrected chi connectivity index (χ2v) is 7.08. The van der Waals surface area contributed by atoms with Gasteiger partial charge in [0.2, 0.25) is 11.8 Å². The zero-order chi connectivity index (χ0) is 19.7. The number of nitrogens with zero attached hydrogens (tertiary/aromatic N) is 1. The van der Waals surface area contributed by atoms with E-state index in [0.717, 1.165) is 34.1 Å². The number of fused-ring (bicyclic) bond motifs is 2. The number of pyridine rings is 1. The van der Waals surface area contributed by atoms with Gasteiger partial charge in [0.15, 0.2) is 0 Å². The Hall–Kier alpha value is -3.41. The summed E-state index contributed by atoms with van der Waals surface area (Å²) >= 11 is 0. The summed E-state index contributed by atoms with van der Waals surface area (Å²) in [7, 11) is 0. The number of aromatic nitrogens is 1. The Balaban J connectivity index is 1.38. The van der Waals surface area contributed by atoms with Gasteiger partial charge < -0.3 is 15.2 Å². The summed E-state index contributed by atoms with van der Waals surface area (Å²) in [5.41, 5.74) is 4.18. The number of para-hydroxylation sites is 1. The summed E-state index contributed by atoms with van der Waals surface area (Å²) in [6, 6.07) is 15.1. The van der Waals surface area contributed by atoms with Crippen LogP contribution in [0.5, 0.6) is 0 Å². The van der Waals surface area contributed by atoms with E-state index in [2.05, 4.69) is 10.3 Å². The number of amides is 2. The van der Waals surface area contributed by atoms with Crippen molar-refractivity contribution in [3.63, 3.8) is 0 Å². The molecule has 0 radical (unpaired) electrons. The maximum absolute atomic E-state index is 12.5. The number of benzene rings is 2. The maximum Gasteiger partial charge on any atom is 0.251 e. The van der Waals surface area contributed by atoms with E-state index in [-0.39, 0.29) is 30.3 Å². The molecule has 1 aliphatic rings. The minimum absolute atomic E-state index is 0.0207. The van der Waals surface area contributed by atoms with Gasteiger partial charge in [-0.3, -0.25) is 14.4 Å². The maximum atomic E-state index is 12.5. The predicted octanol–water partition coefficient (Wildman–Crippen LogP) is 2.08. The van der Waals surface area contributed by atoms with E-state index in [1.807, 2.05) is 42.5 Å². The van der Waals surface area contributed by atoms with Crippen LogP contribution in [0.3, 0.4) is 0 Å². The summed E-state index contributed by atoms with van der Waals surface area (Å²) in [5, 5.41) is 3.60. The van der Waals surface area contributed by atoms with Crippen LogP contribution in [-0.4, -0.2) is 29.9 Å². The van der Waals surface area contributed by atoms with Crippen LogP contribution in [0.25, 0.3) is 10.9 Å². The third-order valence-electron chi connectivity index (χ3n) is 5.08. The summed E-state index contributed by atoms with van der Waals surface area (Å²) in [5.74, 6) is -0.314. The molecule has 6 nitrogen and oxygen atoms in total. The fourth-order valence-electron chi connectivity index (χ4n) is 3.59. The molecule has 3 aromatic rings. The number of carbonyl (C=O) groups is 2. The van der Waals surface area contributed by atoms with Crippen molar-refractivity contribution >= 4 is 28.4 Å². The van der Waals surface area contributed by atoms with Crippen LogP contribution >= 0.6 is 0 Å². The number of H-pyrrole nitrogens is 1. The van der Waals surface area contributed by atoms with Gasteiger partial charge >= 0.3 is 0 Å². The van der Waals surface area contributed by atoms with Gasteiger partial charge in [0.1, 0.15) is 0 Å². The highest BCUT2D eigenvalue weighted by Gasteiger charge is 2.24. The Bertz CT molecular complexity index is 1130. The van der Waals surface area contributed by atoms with Crippen LogP contribution in [0.4, 0.5) is 5.69 Å².